The lowest BCUT2D eigenvalue weighted by molar-refractivity contribution is -0.123. The summed E-state index contributed by atoms with van der Waals surface area (Å²) in [6.45, 7) is 0.389. The first kappa shape index (κ1) is 9.56. The molecule has 1 aromatic heterocycles. The molecule has 3 aliphatic carbocycles. The highest BCUT2D eigenvalue weighted by Gasteiger charge is 2.67. The lowest BCUT2D eigenvalue weighted by Gasteiger charge is -2.08. The molecule has 0 radical (unpaired) electrons. The van der Waals surface area contributed by atoms with Gasteiger partial charge in [0.05, 0.1) is 6.54 Å². The minimum atomic E-state index is 0.196. The second-order valence-electron chi connectivity index (χ2n) is 5.56. The third-order valence-corrected chi connectivity index (χ3v) is 4.85. The van der Waals surface area contributed by atoms with Crippen molar-refractivity contribution in [3.63, 3.8) is 0 Å². The van der Waals surface area contributed by atoms with Gasteiger partial charge in [-0.2, -0.15) is 5.21 Å². The Morgan fingerprint density at radius 1 is 1.35 bits per heavy atom. The Bertz CT molecular complexity index is 429. The van der Waals surface area contributed by atoms with Crippen LogP contribution < -0.4 is 5.32 Å². The summed E-state index contributed by atoms with van der Waals surface area (Å²) in [5, 5.41) is 16.4. The standard InChI is InChI=1S/C11H15N5O/c17-11(12-4-7-13-15-16-14-7)10-8-5-1-2-6(3-5)9(8)10/h5-6,8-10H,1-4H2,(H,12,17)(H,13,14,15,16)/t5-,6+,8+,9-,10?. The Morgan fingerprint density at radius 2 is 2.12 bits per heavy atom. The second-order valence-corrected chi connectivity index (χ2v) is 5.56. The number of hydrogen-bond donors (Lipinski definition) is 2. The molecule has 1 aromatic rings. The number of nitrogens with one attached hydrogen (secondary N) is 2. The van der Waals surface area contributed by atoms with Crippen LogP contribution in [0.4, 0.5) is 0 Å². The number of rotatable bonds is 3. The van der Waals surface area contributed by atoms with E-state index in [-0.39, 0.29) is 11.8 Å². The van der Waals surface area contributed by atoms with Gasteiger partial charge in [-0.25, -0.2) is 0 Å². The lowest BCUT2D eigenvalue weighted by atomic mass is 10.0. The third kappa shape index (κ3) is 1.33. The zero-order chi connectivity index (χ0) is 11.4. The molecule has 0 saturated heterocycles. The number of nitrogens with zero attached hydrogens (tertiary/aromatic N) is 3. The van der Waals surface area contributed by atoms with Crippen LogP contribution in [0.3, 0.4) is 0 Å². The Labute approximate surface area is 98.5 Å². The predicted molar refractivity (Wildman–Crippen MR) is 57.3 cm³/mol. The summed E-state index contributed by atoms with van der Waals surface area (Å²) in [6.07, 6.45) is 4.07. The van der Waals surface area contributed by atoms with E-state index >= 15 is 0 Å². The fourth-order valence-electron chi connectivity index (χ4n) is 4.22. The number of fused-ring (bicyclic) bond motifs is 5. The van der Waals surface area contributed by atoms with E-state index in [0.29, 0.717) is 24.2 Å². The van der Waals surface area contributed by atoms with Gasteiger partial charge < -0.3 is 5.32 Å². The average Bonchev–Trinajstić information content (AvgIpc) is 2.80. The van der Waals surface area contributed by atoms with Crippen LogP contribution in [0.5, 0.6) is 0 Å². The smallest absolute Gasteiger partial charge is 0.224 e. The van der Waals surface area contributed by atoms with Crippen molar-refractivity contribution in [1.82, 2.24) is 25.9 Å². The van der Waals surface area contributed by atoms with Gasteiger partial charge in [0.15, 0.2) is 5.82 Å². The minimum Gasteiger partial charge on any atom is -0.348 e. The average molecular weight is 233 g/mol. The molecular formula is C11H15N5O. The number of carbonyl (C=O) groups excluding carboxylic acids is 1. The second kappa shape index (κ2) is 3.27. The molecular weight excluding hydrogens is 218 g/mol. The molecule has 3 aliphatic rings. The van der Waals surface area contributed by atoms with Crippen LogP contribution in [0.15, 0.2) is 0 Å². The summed E-state index contributed by atoms with van der Waals surface area (Å²) in [6, 6.07) is 0. The molecule has 3 fully saturated rings. The van der Waals surface area contributed by atoms with Gasteiger partial charge in [-0.3, -0.25) is 4.79 Å². The van der Waals surface area contributed by atoms with E-state index in [1.807, 2.05) is 0 Å². The molecule has 1 amide bonds. The summed E-state index contributed by atoms with van der Waals surface area (Å²) in [5.41, 5.74) is 0. The molecule has 17 heavy (non-hydrogen) atoms. The highest BCUT2D eigenvalue weighted by molar-refractivity contribution is 5.82. The van der Waals surface area contributed by atoms with E-state index in [0.717, 1.165) is 11.8 Å². The number of carbonyl (C=O) groups is 1. The summed E-state index contributed by atoms with van der Waals surface area (Å²) in [4.78, 5) is 12.0. The van der Waals surface area contributed by atoms with Gasteiger partial charge in [-0.1, -0.05) is 5.21 Å². The van der Waals surface area contributed by atoms with E-state index in [4.69, 9.17) is 0 Å². The van der Waals surface area contributed by atoms with Crippen LogP contribution in [0.2, 0.25) is 0 Å². The zero-order valence-corrected chi connectivity index (χ0v) is 9.47. The molecule has 1 heterocycles. The lowest BCUT2D eigenvalue weighted by Crippen LogP contribution is -2.27. The summed E-state index contributed by atoms with van der Waals surface area (Å²) < 4.78 is 0. The van der Waals surface area contributed by atoms with Crippen molar-refractivity contribution in [3.8, 4) is 0 Å². The highest BCUT2D eigenvalue weighted by Crippen LogP contribution is 2.69. The Hall–Kier alpha value is -1.46. The van der Waals surface area contributed by atoms with Crippen molar-refractivity contribution in [2.24, 2.45) is 29.6 Å². The molecule has 3 saturated carbocycles. The van der Waals surface area contributed by atoms with Crippen molar-refractivity contribution in [2.75, 3.05) is 0 Å². The van der Waals surface area contributed by atoms with E-state index in [9.17, 15) is 4.79 Å². The van der Waals surface area contributed by atoms with Gasteiger partial charge in [0, 0.05) is 5.92 Å². The van der Waals surface area contributed by atoms with Gasteiger partial charge in [-0.15, -0.1) is 10.2 Å². The van der Waals surface area contributed by atoms with Crippen LogP contribution in [0, 0.1) is 29.6 Å². The van der Waals surface area contributed by atoms with E-state index in [2.05, 4.69) is 25.9 Å². The largest absolute Gasteiger partial charge is 0.348 e. The number of aromatic amines is 1. The van der Waals surface area contributed by atoms with Gasteiger partial charge >= 0.3 is 0 Å². The van der Waals surface area contributed by atoms with Crippen molar-refractivity contribution in [1.29, 1.82) is 0 Å². The molecule has 6 heteroatoms. The number of hydrogen-bond acceptors (Lipinski definition) is 4. The van der Waals surface area contributed by atoms with Crippen LogP contribution in [-0.2, 0) is 11.3 Å². The first-order valence-corrected chi connectivity index (χ1v) is 6.34. The first-order valence-electron chi connectivity index (χ1n) is 6.34. The number of aromatic nitrogens is 4. The molecule has 2 N–H and O–H groups in total. The van der Waals surface area contributed by atoms with Crippen LogP contribution >= 0.6 is 0 Å². The summed E-state index contributed by atoms with van der Waals surface area (Å²) in [5.74, 6) is 4.09. The monoisotopic (exact) mass is 233 g/mol. The number of H-pyrrole nitrogens is 1. The van der Waals surface area contributed by atoms with E-state index < -0.39 is 0 Å². The maximum Gasteiger partial charge on any atom is 0.224 e. The summed E-state index contributed by atoms with van der Waals surface area (Å²) in [7, 11) is 0. The molecule has 4 rings (SSSR count). The predicted octanol–water partition coefficient (Wildman–Crippen LogP) is 0.108. The van der Waals surface area contributed by atoms with E-state index in [1.165, 1.54) is 19.3 Å². The zero-order valence-electron chi connectivity index (χ0n) is 9.47. The molecule has 5 atom stereocenters. The molecule has 0 aliphatic heterocycles. The SMILES string of the molecule is O=C(NCc1nn[nH]n1)C1[C@@H]2[C@H]3CC[C@H](C3)[C@H]12. The summed E-state index contributed by atoms with van der Waals surface area (Å²) >= 11 is 0. The van der Waals surface area contributed by atoms with E-state index in [1.54, 1.807) is 0 Å². The normalized spacial score (nSPS) is 41.3. The Morgan fingerprint density at radius 3 is 2.76 bits per heavy atom. The molecule has 0 spiro atoms. The maximum absolute atomic E-state index is 12.0. The van der Waals surface area contributed by atoms with Crippen molar-refractivity contribution < 1.29 is 4.79 Å². The molecule has 90 valence electrons. The third-order valence-electron chi connectivity index (χ3n) is 4.85. The Kier molecular flexibility index (Phi) is 1.84. The topological polar surface area (TPSA) is 83.6 Å². The minimum absolute atomic E-state index is 0.196. The van der Waals surface area contributed by atoms with Gasteiger partial charge in [-0.05, 0) is 42.9 Å². The number of tetrazole rings is 1. The fourth-order valence-corrected chi connectivity index (χ4v) is 4.22. The molecule has 2 bridgehead atoms. The first-order chi connectivity index (χ1) is 8.34. The van der Waals surface area contributed by atoms with Gasteiger partial charge in [0.2, 0.25) is 5.91 Å². The van der Waals surface area contributed by atoms with Crippen LogP contribution in [0.1, 0.15) is 25.1 Å². The molecule has 0 aromatic carbocycles. The van der Waals surface area contributed by atoms with Crippen molar-refractivity contribution in [2.45, 2.75) is 25.8 Å². The molecule has 1 unspecified atom stereocenters. The Balaban J connectivity index is 1.37. The van der Waals surface area contributed by atoms with Gasteiger partial charge in [0.1, 0.15) is 0 Å². The highest BCUT2D eigenvalue weighted by atomic mass is 16.2. The van der Waals surface area contributed by atoms with Crippen LogP contribution in [0.25, 0.3) is 0 Å². The number of amides is 1. The van der Waals surface area contributed by atoms with Crippen LogP contribution in [-0.4, -0.2) is 26.5 Å². The van der Waals surface area contributed by atoms with Gasteiger partial charge in [0.25, 0.3) is 0 Å². The fraction of sp³-hybridized carbons (Fsp3) is 0.818. The van der Waals surface area contributed by atoms with Crippen molar-refractivity contribution >= 4 is 5.91 Å². The quantitative estimate of drug-likeness (QED) is 0.776. The van der Waals surface area contributed by atoms with Crippen molar-refractivity contribution in [3.05, 3.63) is 5.82 Å². The maximum atomic E-state index is 12.0. The molecule has 6 nitrogen and oxygen atoms in total.